The van der Waals surface area contributed by atoms with Gasteiger partial charge in [0, 0.05) is 10.0 Å². The van der Waals surface area contributed by atoms with E-state index in [0.717, 1.165) is 23.7 Å². The van der Waals surface area contributed by atoms with E-state index in [9.17, 15) is 4.79 Å². The Kier molecular flexibility index (Phi) is 3.41. The van der Waals surface area contributed by atoms with Crippen molar-refractivity contribution in [1.82, 2.24) is 5.32 Å². The Hall–Kier alpha value is -1.03. The monoisotopic (exact) mass is 311 g/mol. The first-order valence-electron chi connectivity index (χ1n) is 6.10. The number of carbonyl (C=O) groups is 1. The molecule has 98 valence electrons. The maximum atomic E-state index is 10.8. The van der Waals surface area contributed by atoms with Crippen LogP contribution in [0.2, 0.25) is 0 Å². The summed E-state index contributed by atoms with van der Waals surface area (Å²) in [4.78, 5) is 10.8. The molecule has 2 N–H and O–H groups in total. The van der Waals surface area contributed by atoms with E-state index < -0.39 is 11.6 Å². The predicted octanol–water partition coefficient (Wildman–Crippen LogP) is 3.92. The van der Waals surface area contributed by atoms with Crippen molar-refractivity contribution in [3.8, 4) is 0 Å². The molecule has 0 aromatic heterocycles. The molecule has 1 aromatic carbocycles. The summed E-state index contributed by atoms with van der Waals surface area (Å²) in [5, 5.41) is 11.5. The zero-order valence-corrected chi connectivity index (χ0v) is 12.3. The van der Waals surface area contributed by atoms with E-state index in [1.807, 2.05) is 26.0 Å². The second kappa shape index (κ2) is 4.57. The van der Waals surface area contributed by atoms with Gasteiger partial charge in [-0.15, -0.1) is 0 Å². The van der Waals surface area contributed by atoms with Crippen molar-refractivity contribution >= 4 is 22.0 Å². The lowest BCUT2D eigenvalue weighted by molar-refractivity contribution is 0.178. The van der Waals surface area contributed by atoms with Crippen LogP contribution < -0.4 is 5.32 Å². The molecule has 0 spiro atoms. The van der Waals surface area contributed by atoms with Gasteiger partial charge < -0.3 is 10.4 Å². The van der Waals surface area contributed by atoms with Gasteiger partial charge >= 0.3 is 6.09 Å². The minimum absolute atomic E-state index is 0.159. The normalized spacial score (nSPS) is 17.3. The van der Waals surface area contributed by atoms with Crippen LogP contribution in [0.3, 0.4) is 0 Å². The largest absolute Gasteiger partial charge is 0.465 e. The van der Waals surface area contributed by atoms with Gasteiger partial charge in [0.25, 0.3) is 0 Å². The van der Waals surface area contributed by atoms with Crippen molar-refractivity contribution in [2.45, 2.75) is 44.1 Å². The van der Waals surface area contributed by atoms with Crippen LogP contribution in [0.1, 0.15) is 38.7 Å². The number of hydrogen-bond donors (Lipinski definition) is 2. The molecule has 1 fully saturated rings. The third-order valence-corrected chi connectivity index (χ3v) is 4.06. The van der Waals surface area contributed by atoms with Crippen molar-refractivity contribution in [2.75, 3.05) is 0 Å². The lowest BCUT2D eigenvalue weighted by Gasteiger charge is -2.30. The summed E-state index contributed by atoms with van der Waals surface area (Å²) in [6.45, 7) is 3.89. The van der Waals surface area contributed by atoms with Gasteiger partial charge in [-0.25, -0.2) is 4.79 Å². The van der Waals surface area contributed by atoms with Crippen LogP contribution in [0.15, 0.2) is 28.7 Å². The summed E-state index contributed by atoms with van der Waals surface area (Å²) >= 11 is 3.44. The molecule has 0 atom stereocenters. The molecule has 2 rings (SSSR count). The van der Waals surface area contributed by atoms with E-state index in [1.54, 1.807) is 0 Å². The van der Waals surface area contributed by atoms with Gasteiger partial charge in [-0.3, -0.25) is 0 Å². The van der Waals surface area contributed by atoms with Crippen molar-refractivity contribution in [1.29, 1.82) is 0 Å². The second-order valence-electron chi connectivity index (χ2n) is 5.78. The maximum Gasteiger partial charge on any atom is 0.405 e. The Balaban J connectivity index is 2.13. The fourth-order valence-electron chi connectivity index (χ4n) is 2.70. The number of carboxylic acid groups (broad SMARTS) is 1. The quantitative estimate of drug-likeness (QED) is 0.885. The van der Waals surface area contributed by atoms with Crippen LogP contribution in [-0.4, -0.2) is 16.7 Å². The summed E-state index contributed by atoms with van der Waals surface area (Å²) < 4.78 is 1.07. The van der Waals surface area contributed by atoms with Gasteiger partial charge in [0.05, 0.1) is 0 Å². The number of hydrogen-bond acceptors (Lipinski definition) is 1. The number of nitrogens with one attached hydrogen (secondary N) is 1. The lowest BCUT2D eigenvalue weighted by atomic mass is 9.83. The molecule has 0 saturated heterocycles. The molecule has 3 nitrogen and oxygen atoms in total. The molecule has 0 radical (unpaired) electrons. The van der Waals surface area contributed by atoms with Crippen molar-refractivity contribution < 1.29 is 9.90 Å². The Morgan fingerprint density at radius 2 is 1.94 bits per heavy atom. The van der Waals surface area contributed by atoms with Crippen LogP contribution in [0.25, 0.3) is 0 Å². The lowest BCUT2D eigenvalue weighted by Crippen LogP contribution is -2.45. The minimum atomic E-state index is -0.952. The number of amides is 1. The van der Waals surface area contributed by atoms with E-state index in [1.165, 1.54) is 5.56 Å². The van der Waals surface area contributed by atoms with Gasteiger partial charge in [-0.2, -0.15) is 0 Å². The van der Waals surface area contributed by atoms with Crippen LogP contribution in [0.4, 0.5) is 4.79 Å². The van der Waals surface area contributed by atoms with Gasteiger partial charge in [0.2, 0.25) is 0 Å². The van der Waals surface area contributed by atoms with Crippen LogP contribution in [0, 0.1) is 0 Å². The summed E-state index contributed by atoms with van der Waals surface area (Å²) in [6.07, 6.45) is 2.17. The predicted molar refractivity (Wildman–Crippen MR) is 74.9 cm³/mol. The molecule has 1 aliphatic rings. The van der Waals surface area contributed by atoms with E-state index in [-0.39, 0.29) is 5.41 Å². The highest BCUT2D eigenvalue weighted by molar-refractivity contribution is 9.10. The Morgan fingerprint density at radius 3 is 2.39 bits per heavy atom. The second-order valence-corrected chi connectivity index (χ2v) is 6.69. The van der Waals surface area contributed by atoms with E-state index >= 15 is 0 Å². The van der Waals surface area contributed by atoms with Crippen LogP contribution >= 0.6 is 15.9 Å². The minimum Gasteiger partial charge on any atom is -0.465 e. The fraction of sp³-hybridized carbons (Fsp3) is 0.500. The van der Waals surface area contributed by atoms with Gasteiger partial charge in [-0.1, -0.05) is 28.1 Å². The van der Waals surface area contributed by atoms with Crippen molar-refractivity contribution in [2.24, 2.45) is 0 Å². The summed E-state index contributed by atoms with van der Waals surface area (Å²) in [7, 11) is 0. The third kappa shape index (κ3) is 3.05. The van der Waals surface area contributed by atoms with E-state index in [4.69, 9.17) is 5.11 Å². The first-order chi connectivity index (χ1) is 8.33. The van der Waals surface area contributed by atoms with Crippen molar-refractivity contribution in [3.63, 3.8) is 0 Å². The molecule has 1 aromatic rings. The molecule has 4 heteroatoms. The Morgan fingerprint density at radius 1 is 1.39 bits per heavy atom. The van der Waals surface area contributed by atoms with Crippen molar-refractivity contribution in [3.05, 3.63) is 34.3 Å². The molecule has 0 aliphatic heterocycles. The average Bonchev–Trinajstić information content (AvgIpc) is 2.96. The number of halogens is 1. The zero-order chi connectivity index (χ0) is 13.4. The molecule has 0 unspecified atom stereocenters. The number of rotatable bonds is 4. The summed E-state index contributed by atoms with van der Waals surface area (Å²) in [5.74, 6) is 0. The highest BCUT2D eigenvalue weighted by atomic mass is 79.9. The SMILES string of the molecule is CC(C)(CC1(c2ccc(Br)cc2)CC1)NC(=O)O. The average molecular weight is 312 g/mol. The van der Waals surface area contributed by atoms with Gasteiger partial charge in [0.15, 0.2) is 0 Å². The molecule has 18 heavy (non-hydrogen) atoms. The molecular weight excluding hydrogens is 294 g/mol. The molecule has 1 saturated carbocycles. The zero-order valence-electron chi connectivity index (χ0n) is 10.7. The molecule has 0 heterocycles. The molecular formula is C14H18BrNO2. The fourth-order valence-corrected chi connectivity index (χ4v) is 2.97. The Labute approximate surface area is 116 Å². The first kappa shape index (κ1) is 13.4. The third-order valence-electron chi connectivity index (χ3n) is 3.54. The summed E-state index contributed by atoms with van der Waals surface area (Å²) in [6, 6.07) is 8.36. The first-order valence-corrected chi connectivity index (χ1v) is 6.90. The van der Waals surface area contributed by atoms with E-state index in [2.05, 4.69) is 33.4 Å². The topological polar surface area (TPSA) is 49.3 Å². The molecule has 1 aliphatic carbocycles. The molecule has 0 bridgehead atoms. The van der Waals surface area contributed by atoms with Crippen LogP contribution in [-0.2, 0) is 5.41 Å². The highest BCUT2D eigenvalue weighted by Gasteiger charge is 2.47. The van der Waals surface area contributed by atoms with Gasteiger partial charge in [0.1, 0.15) is 0 Å². The van der Waals surface area contributed by atoms with E-state index in [0.29, 0.717) is 0 Å². The number of benzene rings is 1. The maximum absolute atomic E-state index is 10.8. The van der Waals surface area contributed by atoms with Gasteiger partial charge in [-0.05, 0) is 56.2 Å². The molecule has 1 amide bonds. The summed E-state index contributed by atoms with van der Waals surface area (Å²) in [5.41, 5.74) is 1.08. The Bertz CT molecular complexity index is 449. The highest BCUT2D eigenvalue weighted by Crippen LogP contribution is 2.53. The smallest absolute Gasteiger partial charge is 0.405 e. The standard InChI is InChI=1S/C14H18BrNO2/c1-13(2,16-12(17)18)9-14(7-8-14)10-3-5-11(15)6-4-10/h3-6,16H,7-9H2,1-2H3,(H,17,18). The van der Waals surface area contributed by atoms with Crippen LogP contribution in [0.5, 0.6) is 0 Å².